The van der Waals surface area contributed by atoms with Gasteiger partial charge in [-0.05, 0) is 92.1 Å². The molecule has 4 aromatic rings. The van der Waals surface area contributed by atoms with Crippen LogP contribution in [0, 0.1) is 12.8 Å². The van der Waals surface area contributed by atoms with E-state index in [1.165, 1.54) is 5.56 Å². The predicted molar refractivity (Wildman–Crippen MR) is 148 cm³/mol. The second kappa shape index (κ2) is 10.5. The maximum atomic E-state index is 12.8. The summed E-state index contributed by atoms with van der Waals surface area (Å²) in [5.41, 5.74) is 5.88. The average Bonchev–Trinajstić information content (AvgIpc) is 2.92. The van der Waals surface area contributed by atoms with Crippen molar-refractivity contribution in [2.45, 2.75) is 20.3 Å². The zero-order valence-electron chi connectivity index (χ0n) is 20.6. The van der Waals surface area contributed by atoms with Crippen LogP contribution in [-0.2, 0) is 0 Å². The number of carbonyl (C=O) groups is 1. The Morgan fingerprint density at radius 2 is 1.31 bits per heavy atom. The summed E-state index contributed by atoms with van der Waals surface area (Å²) in [7, 11) is 0. The number of allylic oxidation sites excluding steroid dienone is 4. The molecule has 0 radical (unpaired) electrons. The molecule has 1 unspecified atom stereocenters. The van der Waals surface area contributed by atoms with Gasteiger partial charge in [0.15, 0.2) is 5.78 Å². The standard InChI is InChI=1S/C33H29NO2/c1-24-8-12-26(13-9-24)33(35)27-14-20-31(21-15-27)36-32-22-18-30(19-23-32)34(28-6-4-3-5-7-28)29-16-10-25(2)11-17-29/h3-8,10-24H,9H2,1-2H3. The molecule has 0 saturated carbocycles. The molecule has 0 saturated heterocycles. The molecule has 0 amide bonds. The predicted octanol–water partition coefficient (Wildman–Crippen LogP) is 8.96. The van der Waals surface area contributed by atoms with Gasteiger partial charge in [0, 0.05) is 28.2 Å². The van der Waals surface area contributed by atoms with E-state index in [-0.39, 0.29) is 5.78 Å². The lowest BCUT2D eigenvalue weighted by molar-refractivity contribution is 0.103. The highest BCUT2D eigenvalue weighted by Gasteiger charge is 2.14. The Morgan fingerprint density at radius 3 is 1.89 bits per heavy atom. The highest BCUT2D eigenvalue weighted by atomic mass is 16.5. The number of aryl methyl sites for hydroxylation is 1. The quantitative estimate of drug-likeness (QED) is 0.252. The van der Waals surface area contributed by atoms with Gasteiger partial charge in [-0.2, -0.15) is 0 Å². The van der Waals surface area contributed by atoms with Crippen LogP contribution in [0.25, 0.3) is 0 Å². The van der Waals surface area contributed by atoms with E-state index in [2.05, 4.69) is 73.4 Å². The molecule has 3 nitrogen and oxygen atoms in total. The van der Waals surface area contributed by atoms with Crippen molar-refractivity contribution in [2.24, 2.45) is 5.92 Å². The SMILES string of the molecule is Cc1ccc(N(c2ccccc2)c2ccc(Oc3ccc(C(=O)C4=CCC(C)C=C4)cc3)cc2)cc1. The van der Waals surface area contributed by atoms with Crippen molar-refractivity contribution in [3.8, 4) is 11.5 Å². The number of hydrogen-bond donors (Lipinski definition) is 0. The van der Waals surface area contributed by atoms with Crippen LogP contribution < -0.4 is 9.64 Å². The van der Waals surface area contributed by atoms with Gasteiger partial charge in [0.1, 0.15) is 11.5 Å². The van der Waals surface area contributed by atoms with Crippen LogP contribution in [0.3, 0.4) is 0 Å². The molecule has 0 fully saturated rings. The molecule has 1 aliphatic carbocycles. The van der Waals surface area contributed by atoms with E-state index < -0.39 is 0 Å². The average molecular weight is 472 g/mol. The van der Waals surface area contributed by atoms with E-state index >= 15 is 0 Å². The molecule has 3 heteroatoms. The van der Waals surface area contributed by atoms with Gasteiger partial charge < -0.3 is 9.64 Å². The van der Waals surface area contributed by atoms with Crippen molar-refractivity contribution < 1.29 is 9.53 Å². The summed E-state index contributed by atoms with van der Waals surface area (Å²) in [5, 5.41) is 0. The Morgan fingerprint density at radius 1 is 0.750 bits per heavy atom. The summed E-state index contributed by atoms with van der Waals surface area (Å²) in [6.45, 7) is 4.24. The minimum absolute atomic E-state index is 0.0474. The van der Waals surface area contributed by atoms with Crippen molar-refractivity contribution in [1.82, 2.24) is 0 Å². The lowest BCUT2D eigenvalue weighted by Gasteiger charge is -2.25. The molecular weight excluding hydrogens is 442 g/mol. The number of benzene rings is 4. The summed E-state index contributed by atoms with van der Waals surface area (Å²) >= 11 is 0. The van der Waals surface area contributed by atoms with Gasteiger partial charge in [0.25, 0.3) is 0 Å². The summed E-state index contributed by atoms with van der Waals surface area (Å²) in [5.74, 6) is 1.97. The van der Waals surface area contributed by atoms with Crippen molar-refractivity contribution in [1.29, 1.82) is 0 Å². The third kappa shape index (κ3) is 5.31. The van der Waals surface area contributed by atoms with E-state index in [9.17, 15) is 4.79 Å². The number of carbonyl (C=O) groups excluding carboxylic acids is 1. The smallest absolute Gasteiger partial charge is 0.192 e. The highest BCUT2D eigenvalue weighted by Crippen LogP contribution is 2.35. The number of ketones is 1. The molecule has 1 aliphatic rings. The van der Waals surface area contributed by atoms with E-state index in [0.29, 0.717) is 17.2 Å². The molecule has 0 aliphatic heterocycles. The van der Waals surface area contributed by atoms with Crippen LogP contribution in [0.2, 0.25) is 0 Å². The number of hydrogen-bond acceptors (Lipinski definition) is 3. The number of para-hydroxylation sites is 1. The summed E-state index contributed by atoms with van der Waals surface area (Å²) < 4.78 is 6.08. The van der Waals surface area contributed by atoms with Gasteiger partial charge in [-0.1, -0.05) is 61.0 Å². The number of nitrogens with zero attached hydrogens (tertiary/aromatic N) is 1. The number of Topliss-reactive ketones (excluding diaryl/α,β-unsaturated/α-hetero) is 1. The summed E-state index contributed by atoms with van der Waals surface area (Å²) in [6.07, 6.45) is 6.94. The molecule has 0 spiro atoms. The fraction of sp³-hybridized carbons (Fsp3) is 0.121. The van der Waals surface area contributed by atoms with Crippen LogP contribution in [0.5, 0.6) is 11.5 Å². The molecular formula is C33H29NO2. The van der Waals surface area contributed by atoms with Gasteiger partial charge in [-0.15, -0.1) is 0 Å². The van der Waals surface area contributed by atoms with E-state index in [1.807, 2.05) is 66.7 Å². The van der Waals surface area contributed by atoms with Crippen molar-refractivity contribution >= 4 is 22.8 Å². The topological polar surface area (TPSA) is 29.5 Å². The fourth-order valence-corrected chi connectivity index (χ4v) is 4.25. The maximum Gasteiger partial charge on any atom is 0.192 e. The maximum absolute atomic E-state index is 12.8. The van der Waals surface area contributed by atoms with Gasteiger partial charge in [0.2, 0.25) is 0 Å². The van der Waals surface area contributed by atoms with Crippen LogP contribution >= 0.6 is 0 Å². The lowest BCUT2D eigenvalue weighted by Crippen LogP contribution is -2.09. The van der Waals surface area contributed by atoms with Crippen molar-refractivity contribution in [3.05, 3.63) is 138 Å². The molecule has 36 heavy (non-hydrogen) atoms. The van der Waals surface area contributed by atoms with Crippen molar-refractivity contribution in [2.75, 3.05) is 4.90 Å². The first-order valence-electron chi connectivity index (χ1n) is 12.3. The molecule has 0 N–H and O–H groups in total. The fourth-order valence-electron chi connectivity index (χ4n) is 4.25. The first-order chi connectivity index (χ1) is 17.6. The number of anilines is 3. The lowest BCUT2D eigenvalue weighted by atomic mass is 9.94. The minimum atomic E-state index is 0.0474. The second-order valence-electron chi connectivity index (χ2n) is 9.19. The zero-order chi connectivity index (χ0) is 24.9. The molecule has 4 aromatic carbocycles. The Bertz CT molecular complexity index is 1380. The molecule has 178 valence electrons. The molecule has 1 atom stereocenters. The van der Waals surface area contributed by atoms with E-state index in [4.69, 9.17) is 4.74 Å². The Hall–Kier alpha value is -4.37. The zero-order valence-corrected chi connectivity index (χ0v) is 20.6. The summed E-state index contributed by atoms with van der Waals surface area (Å²) in [4.78, 5) is 15.0. The Balaban J connectivity index is 1.32. The molecule has 0 heterocycles. The third-order valence-corrected chi connectivity index (χ3v) is 6.33. The molecule has 0 aromatic heterocycles. The normalized spacial score (nSPS) is 14.7. The van der Waals surface area contributed by atoms with E-state index in [0.717, 1.165) is 34.8 Å². The Labute approximate surface area is 213 Å². The van der Waals surface area contributed by atoms with Crippen LogP contribution in [0.1, 0.15) is 29.3 Å². The molecule has 5 rings (SSSR count). The monoisotopic (exact) mass is 471 g/mol. The van der Waals surface area contributed by atoms with Gasteiger partial charge in [0.05, 0.1) is 0 Å². The van der Waals surface area contributed by atoms with Crippen LogP contribution in [0.4, 0.5) is 17.1 Å². The van der Waals surface area contributed by atoms with Crippen molar-refractivity contribution in [3.63, 3.8) is 0 Å². The molecule has 0 bridgehead atoms. The number of rotatable bonds is 7. The number of ether oxygens (including phenoxy) is 1. The van der Waals surface area contributed by atoms with Gasteiger partial charge in [-0.3, -0.25) is 4.79 Å². The highest BCUT2D eigenvalue weighted by molar-refractivity contribution is 6.10. The first kappa shape index (κ1) is 23.4. The van der Waals surface area contributed by atoms with Crippen LogP contribution in [0.15, 0.2) is 127 Å². The Kier molecular flexibility index (Phi) is 6.81. The summed E-state index contributed by atoms with van der Waals surface area (Å²) in [6, 6.07) is 34.2. The van der Waals surface area contributed by atoms with E-state index in [1.54, 1.807) is 0 Å². The second-order valence-corrected chi connectivity index (χ2v) is 9.19. The first-order valence-corrected chi connectivity index (χ1v) is 12.3. The minimum Gasteiger partial charge on any atom is -0.457 e. The third-order valence-electron chi connectivity index (χ3n) is 6.33. The van der Waals surface area contributed by atoms with Gasteiger partial charge >= 0.3 is 0 Å². The van der Waals surface area contributed by atoms with Gasteiger partial charge in [-0.25, -0.2) is 0 Å². The largest absolute Gasteiger partial charge is 0.457 e. The van der Waals surface area contributed by atoms with Crippen LogP contribution in [-0.4, -0.2) is 5.78 Å².